The number of thiophene rings is 1. The normalized spacial score (nSPS) is 11.8. The Balaban J connectivity index is 2.12. The molecule has 1 N–H and O–H groups in total. The van der Waals surface area contributed by atoms with Crippen molar-refractivity contribution in [3.05, 3.63) is 52.1 Å². The van der Waals surface area contributed by atoms with Gasteiger partial charge in [-0.2, -0.15) is 0 Å². The molecule has 0 spiro atoms. The molecule has 0 fully saturated rings. The van der Waals surface area contributed by atoms with Gasteiger partial charge in [-0.15, -0.1) is 11.3 Å². The maximum Gasteiger partial charge on any atom is 0.268 e. The van der Waals surface area contributed by atoms with Crippen molar-refractivity contribution < 1.29 is 4.79 Å². The van der Waals surface area contributed by atoms with Gasteiger partial charge in [0.05, 0.1) is 10.4 Å². The summed E-state index contributed by atoms with van der Waals surface area (Å²) in [6.45, 7) is 2.65. The Morgan fingerprint density at radius 1 is 1.32 bits per heavy atom. The number of aromatic nitrogens is 2. The van der Waals surface area contributed by atoms with E-state index in [1.807, 2.05) is 54.3 Å². The lowest BCUT2D eigenvalue weighted by atomic mass is 10.2. The number of carbonyl (C=O) groups is 1. The first-order valence-corrected chi connectivity index (χ1v) is 7.89. The van der Waals surface area contributed by atoms with E-state index in [2.05, 4.69) is 15.3 Å². The second-order valence-electron chi connectivity index (χ2n) is 4.74. The molecule has 2 aromatic heterocycles. The SMILES string of the molecule is CCN=c1c2ccccc2nc(NC(=O)c2cccs2)n1C. The van der Waals surface area contributed by atoms with E-state index in [9.17, 15) is 4.79 Å². The van der Waals surface area contributed by atoms with E-state index in [0.29, 0.717) is 17.4 Å². The molecule has 0 saturated heterocycles. The minimum atomic E-state index is -0.157. The zero-order chi connectivity index (χ0) is 15.5. The third kappa shape index (κ3) is 2.65. The van der Waals surface area contributed by atoms with Crippen molar-refractivity contribution >= 4 is 34.1 Å². The van der Waals surface area contributed by atoms with E-state index in [1.165, 1.54) is 11.3 Å². The number of carbonyl (C=O) groups excluding carboxylic acids is 1. The summed E-state index contributed by atoms with van der Waals surface area (Å²) in [5, 5.41) is 5.72. The van der Waals surface area contributed by atoms with Crippen LogP contribution >= 0.6 is 11.3 Å². The quantitative estimate of drug-likeness (QED) is 0.808. The predicted molar refractivity (Wildman–Crippen MR) is 89.1 cm³/mol. The zero-order valence-electron chi connectivity index (χ0n) is 12.4. The highest BCUT2D eigenvalue weighted by Crippen LogP contribution is 2.13. The Morgan fingerprint density at radius 3 is 2.86 bits per heavy atom. The van der Waals surface area contributed by atoms with E-state index >= 15 is 0 Å². The Labute approximate surface area is 132 Å². The molecular formula is C16H16N4OS. The van der Waals surface area contributed by atoms with Crippen molar-refractivity contribution in [2.45, 2.75) is 6.92 Å². The molecule has 5 nitrogen and oxygen atoms in total. The van der Waals surface area contributed by atoms with Crippen LogP contribution in [-0.4, -0.2) is 22.0 Å². The number of hydrogen-bond donors (Lipinski definition) is 1. The third-order valence-electron chi connectivity index (χ3n) is 3.28. The molecule has 3 aromatic rings. The molecule has 1 aromatic carbocycles. The Kier molecular flexibility index (Phi) is 4.02. The summed E-state index contributed by atoms with van der Waals surface area (Å²) in [5.41, 5.74) is 1.63. The van der Waals surface area contributed by atoms with Crippen LogP contribution in [0.15, 0.2) is 46.8 Å². The molecule has 0 bridgehead atoms. The van der Waals surface area contributed by atoms with Crippen LogP contribution in [0.5, 0.6) is 0 Å². The maximum absolute atomic E-state index is 12.2. The van der Waals surface area contributed by atoms with Crippen molar-refractivity contribution in [2.24, 2.45) is 12.0 Å². The summed E-state index contributed by atoms with van der Waals surface area (Å²) in [4.78, 5) is 22.0. The molecule has 0 aliphatic carbocycles. The first-order valence-electron chi connectivity index (χ1n) is 7.02. The van der Waals surface area contributed by atoms with Crippen molar-refractivity contribution in [1.29, 1.82) is 0 Å². The fourth-order valence-corrected chi connectivity index (χ4v) is 2.87. The molecule has 3 rings (SSSR count). The van der Waals surface area contributed by atoms with Crippen LogP contribution in [0.4, 0.5) is 5.95 Å². The number of nitrogens with one attached hydrogen (secondary N) is 1. The lowest BCUT2D eigenvalue weighted by Crippen LogP contribution is -2.26. The summed E-state index contributed by atoms with van der Waals surface area (Å²) in [6, 6.07) is 11.4. The van der Waals surface area contributed by atoms with Crippen LogP contribution in [0.2, 0.25) is 0 Å². The molecule has 0 aliphatic heterocycles. The smallest absolute Gasteiger partial charge is 0.268 e. The lowest BCUT2D eigenvalue weighted by molar-refractivity contribution is 0.102. The maximum atomic E-state index is 12.2. The van der Waals surface area contributed by atoms with Gasteiger partial charge in [0.15, 0.2) is 0 Å². The number of rotatable bonds is 3. The van der Waals surface area contributed by atoms with E-state index in [-0.39, 0.29) is 5.91 Å². The Hall–Kier alpha value is -2.47. The van der Waals surface area contributed by atoms with E-state index < -0.39 is 0 Å². The van der Waals surface area contributed by atoms with Crippen LogP contribution in [0.1, 0.15) is 16.6 Å². The third-order valence-corrected chi connectivity index (χ3v) is 4.15. The number of anilines is 1. The average Bonchev–Trinajstić information content (AvgIpc) is 3.06. The number of benzene rings is 1. The highest BCUT2D eigenvalue weighted by molar-refractivity contribution is 7.12. The van der Waals surface area contributed by atoms with Crippen LogP contribution < -0.4 is 10.8 Å². The second kappa shape index (κ2) is 6.11. The Bertz CT molecular complexity index is 881. The second-order valence-corrected chi connectivity index (χ2v) is 5.69. The highest BCUT2D eigenvalue weighted by atomic mass is 32.1. The average molecular weight is 312 g/mol. The van der Waals surface area contributed by atoms with Gasteiger partial charge in [-0.1, -0.05) is 18.2 Å². The van der Waals surface area contributed by atoms with Gasteiger partial charge in [-0.05, 0) is 30.5 Å². The van der Waals surface area contributed by atoms with E-state index in [1.54, 1.807) is 6.07 Å². The molecule has 1 amide bonds. The van der Waals surface area contributed by atoms with Crippen LogP contribution in [0.25, 0.3) is 10.9 Å². The number of fused-ring (bicyclic) bond motifs is 1. The van der Waals surface area contributed by atoms with Crippen molar-refractivity contribution in [3.8, 4) is 0 Å². The van der Waals surface area contributed by atoms with Gasteiger partial charge in [0.2, 0.25) is 5.95 Å². The Morgan fingerprint density at radius 2 is 2.14 bits per heavy atom. The molecule has 22 heavy (non-hydrogen) atoms. The highest BCUT2D eigenvalue weighted by Gasteiger charge is 2.12. The summed E-state index contributed by atoms with van der Waals surface area (Å²) < 4.78 is 1.82. The van der Waals surface area contributed by atoms with Crippen LogP contribution in [0.3, 0.4) is 0 Å². The van der Waals surface area contributed by atoms with E-state index in [4.69, 9.17) is 0 Å². The summed E-state index contributed by atoms with van der Waals surface area (Å²) in [5.74, 6) is 0.333. The van der Waals surface area contributed by atoms with Gasteiger partial charge in [-0.25, -0.2) is 4.98 Å². The van der Waals surface area contributed by atoms with Gasteiger partial charge in [0, 0.05) is 19.0 Å². The number of nitrogens with zero attached hydrogens (tertiary/aromatic N) is 3. The van der Waals surface area contributed by atoms with Crippen LogP contribution in [-0.2, 0) is 7.05 Å². The fraction of sp³-hybridized carbons (Fsp3) is 0.188. The summed E-state index contributed by atoms with van der Waals surface area (Å²) >= 11 is 1.40. The largest absolute Gasteiger partial charge is 0.299 e. The molecule has 0 radical (unpaired) electrons. The van der Waals surface area contributed by atoms with Crippen molar-refractivity contribution in [1.82, 2.24) is 9.55 Å². The summed E-state index contributed by atoms with van der Waals surface area (Å²) in [6.07, 6.45) is 0. The molecule has 0 saturated carbocycles. The fourth-order valence-electron chi connectivity index (χ4n) is 2.25. The van der Waals surface area contributed by atoms with Crippen molar-refractivity contribution in [3.63, 3.8) is 0 Å². The van der Waals surface area contributed by atoms with Gasteiger partial charge in [0.1, 0.15) is 5.49 Å². The van der Waals surface area contributed by atoms with Crippen LogP contribution in [0, 0.1) is 0 Å². The minimum absolute atomic E-state index is 0.157. The summed E-state index contributed by atoms with van der Waals surface area (Å²) in [7, 11) is 1.86. The molecule has 0 aliphatic rings. The van der Waals surface area contributed by atoms with Gasteiger partial charge in [0.25, 0.3) is 5.91 Å². The topological polar surface area (TPSA) is 59.3 Å². The number of para-hydroxylation sites is 1. The lowest BCUT2D eigenvalue weighted by Gasteiger charge is -2.11. The van der Waals surface area contributed by atoms with Gasteiger partial charge in [-0.3, -0.25) is 19.7 Å². The first-order chi connectivity index (χ1) is 10.7. The predicted octanol–water partition coefficient (Wildman–Crippen LogP) is 2.81. The zero-order valence-corrected chi connectivity index (χ0v) is 13.2. The van der Waals surface area contributed by atoms with Crippen molar-refractivity contribution in [2.75, 3.05) is 11.9 Å². The first kappa shape index (κ1) is 14.5. The molecule has 0 atom stereocenters. The molecule has 2 heterocycles. The number of amides is 1. The monoisotopic (exact) mass is 312 g/mol. The molecule has 0 unspecified atom stereocenters. The molecular weight excluding hydrogens is 296 g/mol. The van der Waals surface area contributed by atoms with Gasteiger partial charge >= 0.3 is 0 Å². The molecule has 6 heteroatoms. The molecule has 112 valence electrons. The minimum Gasteiger partial charge on any atom is -0.299 e. The van der Waals surface area contributed by atoms with Gasteiger partial charge < -0.3 is 0 Å². The number of hydrogen-bond acceptors (Lipinski definition) is 4. The van der Waals surface area contributed by atoms with E-state index in [0.717, 1.165) is 16.4 Å². The standard InChI is InChI=1S/C16H16N4OS/c1-3-17-14-11-7-4-5-8-12(11)18-16(20(14)2)19-15(21)13-9-6-10-22-13/h4-10H,3H2,1-2H3,(H,18,19,21).